The van der Waals surface area contributed by atoms with Crippen LogP contribution in [0, 0.1) is 0 Å². The van der Waals surface area contributed by atoms with Crippen LogP contribution in [-0.2, 0) is 0 Å². The average Bonchev–Trinajstić information content (AvgIpc) is 3.24. The Morgan fingerprint density at radius 3 is 1.22 bits per heavy atom. The normalized spacial score (nSPS) is 11.5. The Bertz CT molecular complexity index is 2910. The molecule has 0 atom stereocenters. The van der Waals surface area contributed by atoms with Crippen LogP contribution in [-0.4, -0.2) is 14.1 Å². The first kappa shape index (κ1) is 32.5. The van der Waals surface area contributed by atoms with Crippen molar-refractivity contribution in [2.45, 2.75) is 0 Å². The van der Waals surface area contributed by atoms with Crippen LogP contribution in [0.4, 0.5) is 39.8 Å². The summed E-state index contributed by atoms with van der Waals surface area (Å²) in [6, 6.07) is 73.0. The summed E-state index contributed by atoms with van der Waals surface area (Å²) in [6.07, 6.45) is 0. The highest BCUT2D eigenvalue weighted by molar-refractivity contribution is 6.25. The minimum Gasteiger partial charge on any atom is -0.378 e. The molecule has 0 radical (unpaired) electrons. The molecule has 0 unspecified atom stereocenters. The van der Waals surface area contributed by atoms with Crippen LogP contribution in [0.5, 0.6) is 0 Å². The average molecular weight is 706 g/mol. The van der Waals surface area contributed by atoms with E-state index in [1.54, 1.807) is 0 Å². The maximum atomic E-state index is 2.45. The highest BCUT2D eigenvalue weighted by Gasteiger charge is 2.23. The van der Waals surface area contributed by atoms with Crippen LogP contribution in [0.15, 0.2) is 200 Å². The van der Waals surface area contributed by atoms with Gasteiger partial charge in [0.2, 0.25) is 0 Å². The zero-order chi connectivity index (χ0) is 36.9. The second-order valence-corrected chi connectivity index (χ2v) is 14.5. The minimum absolute atomic E-state index is 1.12. The van der Waals surface area contributed by atoms with Gasteiger partial charge in [0, 0.05) is 53.3 Å². The Kier molecular flexibility index (Phi) is 7.92. The summed E-state index contributed by atoms with van der Waals surface area (Å²) in [4.78, 5) is 7.05. The molecule has 3 nitrogen and oxygen atoms in total. The summed E-state index contributed by atoms with van der Waals surface area (Å²) < 4.78 is 0. The Hall–Kier alpha value is -7.10. The van der Waals surface area contributed by atoms with Crippen molar-refractivity contribution >= 4 is 93.7 Å². The predicted octanol–water partition coefficient (Wildman–Crippen LogP) is 14.5. The molecule has 0 amide bonds. The van der Waals surface area contributed by atoms with E-state index < -0.39 is 0 Å². The van der Waals surface area contributed by atoms with Gasteiger partial charge in [0.25, 0.3) is 0 Å². The molecule has 3 heteroatoms. The molecule has 0 saturated heterocycles. The molecular formula is C52H39N3. The number of para-hydroxylation sites is 2. The largest absolute Gasteiger partial charge is 0.378 e. The maximum absolute atomic E-state index is 2.45. The van der Waals surface area contributed by atoms with Gasteiger partial charge < -0.3 is 14.7 Å². The quantitative estimate of drug-likeness (QED) is 0.153. The summed E-state index contributed by atoms with van der Waals surface area (Å²) in [5.74, 6) is 0. The monoisotopic (exact) mass is 705 g/mol. The first-order valence-corrected chi connectivity index (χ1v) is 18.9. The predicted molar refractivity (Wildman–Crippen MR) is 238 cm³/mol. The molecule has 10 aromatic carbocycles. The number of fused-ring (bicyclic) bond motifs is 7. The van der Waals surface area contributed by atoms with Gasteiger partial charge in [-0.1, -0.05) is 127 Å². The van der Waals surface area contributed by atoms with E-state index in [0.717, 1.165) is 39.8 Å². The van der Waals surface area contributed by atoms with Gasteiger partial charge in [0.05, 0.1) is 11.4 Å². The van der Waals surface area contributed by atoms with Gasteiger partial charge in [-0.3, -0.25) is 0 Å². The lowest BCUT2D eigenvalue weighted by Gasteiger charge is -2.30. The van der Waals surface area contributed by atoms with Gasteiger partial charge in [-0.05, 0) is 116 Å². The fourth-order valence-corrected chi connectivity index (χ4v) is 8.24. The van der Waals surface area contributed by atoms with Crippen molar-refractivity contribution in [1.82, 2.24) is 0 Å². The van der Waals surface area contributed by atoms with E-state index >= 15 is 0 Å². The molecule has 0 aliphatic rings. The van der Waals surface area contributed by atoms with Crippen LogP contribution >= 0.6 is 0 Å². The van der Waals surface area contributed by atoms with Gasteiger partial charge in [0.1, 0.15) is 0 Å². The highest BCUT2D eigenvalue weighted by atomic mass is 15.2. The smallest absolute Gasteiger partial charge is 0.0547 e. The molecule has 0 heterocycles. The maximum Gasteiger partial charge on any atom is 0.0547 e. The second kappa shape index (κ2) is 13.4. The van der Waals surface area contributed by atoms with Gasteiger partial charge in [0.15, 0.2) is 0 Å². The van der Waals surface area contributed by atoms with Crippen LogP contribution < -0.4 is 14.7 Å². The Morgan fingerprint density at radius 2 is 0.673 bits per heavy atom. The minimum atomic E-state index is 1.12. The molecule has 10 aromatic rings. The molecule has 0 saturated carbocycles. The summed E-state index contributed by atoms with van der Waals surface area (Å²) in [6.45, 7) is 0. The Labute approximate surface area is 321 Å². The van der Waals surface area contributed by atoms with E-state index in [1.165, 1.54) is 53.9 Å². The first-order chi connectivity index (χ1) is 27.1. The van der Waals surface area contributed by atoms with Crippen LogP contribution in [0.2, 0.25) is 0 Å². The lowest BCUT2D eigenvalue weighted by molar-refractivity contribution is 1.13. The molecule has 0 spiro atoms. The van der Waals surface area contributed by atoms with Crippen molar-refractivity contribution in [3.63, 3.8) is 0 Å². The number of anilines is 7. The van der Waals surface area contributed by atoms with Crippen LogP contribution in [0.25, 0.3) is 53.9 Å². The fraction of sp³-hybridized carbons (Fsp3) is 0.0385. The van der Waals surface area contributed by atoms with Crippen molar-refractivity contribution in [2.75, 3.05) is 28.8 Å². The van der Waals surface area contributed by atoms with E-state index in [4.69, 9.17) is 0 Å². The number of rotatable bonds is 7. The third-order valence-electron chi connectivity index (χ3n) is 10.9. The molecule has 0 aromatic heterocycles. The third kappa shape index (κ3) is 5.69. The van der Waals surface area contributed by atoms with Crippen molar-refractivity contribution in [2.24, 2.45) is 0 Å². The SMILES string of the molecule is CN(C)c1ccc2c(c1)c(N(c1ccccc1)c1ccccc1)cc1c3ccccc3c(N(c3ccc4ccccc4c3)c3ccc4ccccc4c3)cc21. The third-order valence-corrected chi connectivity index (χ3v) is 10.9. The standard InChI is InChI=1S/C52H39N3/c1-53(2)42-29-30-46-49-34-51(55(43-27-25-36-15-9-11-17-38(36)31-43)44-28-26-37-16-10-12-18-39(37)32-44)47-24-14-13-23-45(47)48(49)35-52(50(46)33-42)54(40-19-5-3-6-20-40)41-21-7-4-8-22-41/h3-35H,1-2H3. The molecule has 55 heavy (non-hydrogen) atoms. The molecule has 10 rings (SSSR count). The topological polar surface area (TPSA) is 9.72 Å². The van der Waals surface area contributed by atoms with Crippen molar-refractivity contribution < 1.29 is 0 Å². The highest BCUT2D eigenvalue weighted by Crippen LogP contribution is 2.48. The molecule has 0 aliphatic carbocycles. The zero-order valence-electron chi connectivity index (χ0n) is 30.9. The van der Waals surface area contributed by atoms with Gasteiger partial charge in [-0.15, -0.1) is 0 Å². The number of hydrogen-bond donors (Lipinski definition) is 0. The van der Waals surface area contributed by atoms with Crippen molar-refractivity contribution in [3.8, 4) is 0 Å². The van der Waals surface area contributed by atoms with E-state index in [0.29, 0.717) is 0 Å². The van der Waals surface area contributed by atoms with E-state index in [-0.39, 0.29) is 0 Å². The molecule has 262 valence electrons. The van der Waals surface area contributed by atoms with E-state index in [1.807, 2.05) is 0 Å². The van der Waals surface area contributed by atoms with Crippen molar-refractivity contribution in [1.29, 1.82) is 0 Å². The Morgan fingerprint density at radius 1 is 0.255 bits per heavy atom. The lowest BCUT2D eigenvalue weighted by atomic mass is 9.93. The number of nitrogens with zero attached hydrogens (tertiary/aromatic N) is 3. The summed E-state index contributed by atoms with van der Waals surface area (Å²) in [7, 11) is 4.23. The van der Waals surface area contributed by atoms with E-state index in [2.05, 4.69) is 229 Å². The van der Waals surface area contributed by atoms with Crippen LogP contribution in [0.3, 0.4) is 0 Å². The van der Waals surface area contributed by atoms with Gasteiger partial charge in [-0.25, -0.2) is 0 Å². The molecule has 0 N–H and O–H groups in total. The lowest BCUT2D eigenvalue weighted by Crippen LogP contribution is -2.12. The molecule has 0 fully saturated rings. The van der Waals surface area contributed by atoms with Crippen LogP contribution in [0.1, 0.15) is 0 Å². The fourth-order valence-electron chi connectivity index (χ4n) is 8.24. The second-order valence-electron chi connectivity index (χ2n) is 14.5. The van der Waals surface area contributed by atoms with E-state index in [9.17, 15) is 0 Å². The molecule has 0 aliphatic heterocycles. The molecule has 0 bridgehead atoms. The van der Waals surface area contributed by atoms with Gasteiger partial charge >= 0.3 is 0 Å². The molecular weight excluding hydrogens is 667 g/mol. The first-order valence-electron chi connectivity index (χ1n) is 18.9. The zero-order valence-corrected chi connectivity index (χ0v) is 30.9. The Balaban J connectivity index is 1.31. The van der Waals surface area contributed by atoms with Gasteiger partial charge in [-0.2, -0.15) is 0 Å². The summed E-state index contributed by atoms with van der Waals surface area (Å²) in [5.41, 5.74) is 7.91. The summed E-state index contributed by atoms with van der Waals surface area (Å²) in [5, 5.41) is 12.1. The number of hydrogen-bond acceptors (Lipinski definition) is 3. The summed E-state index contributed by atoms with van der Waals surface area (Å²) >= 11 is 0. The van der Waals surface area contributed by atoms with Crippen molar-refractivity contribution in [3.05, 3.63) is 200 Å². The number of benzene rings is 10.